The Hall–Kier alpha value is -4.54. The quantitative estimate of drug-likeness (QED) is 0.332. The summed E-state index contributed by atoms with van der Waals surface area (Å²) in [5.74, 6) is 0.900. The summed E-state index contributed by atoms with van der Waals surface area (Å²) in [6.45, 7) is 4.76. The third kappa shape index (κ3) is 5.46. The number of hydrogen-bond donors (Lipinski definition) is 2. The van der Waals surface area contributed by atoms with E-state index in [1.165, 1.54) is 0 Å². The van der Waals surface area contributed by atoms with E-state index in [0.29, 0.717) is 36.0 Å². The molecule has 6 rings (SSSR count). The van der Waals surface area contributed by atoms with Crippen LogP contribution >= 0.6 is 0 Å². The second-order valence-corrected chi connectivity index (χ2v) is 11.7. The zero-order valence-electron chi connectivity index (χ0n) is 25.4. The predicted octanol–water partition coefficient (Wildman–Crippen LogP) is 5.10. The summed E-state index contributed by atoms with van der Waals surface area (Å²) in [4.78, 5) is 31.1. The summed E-state index contributed by atoms with van der Waals surface area (Å²) >= 11 is 0. The number of benzene rings is 3. The van der Waals surface area contributed by atoms with Gasteiger partial charge in [0.25, 0.3) is 5.91 Å². The Balaban J connectivity index is 1.33. The first-order chi connectivity index (χ1) is 21.3. The fraction of sp³-hybridized carbons (Fsp3) is 0.353. The molecule has 0 radical (unpaired) electrons. The van der Waals surface area contributed by atoms with Gasteiger partial charge in [0.1, 0.15) is 5.69 Å². The minimum absolute atomic E-state index is 0.155. The number of carbonyl (C=O) groups excluding carboxylic acids is 2. The number of anilines is 1. The highest BCUT2D eigenvalue weighted by Gasteiger charge is 2.34. The SMILES string of the molecule is C[C@H](CO)N1C[C@H](C)[C@H](CN(C)C(=O)Nc2ccc3c(c2)OCO3)OCc2ccccc2-c2c(n(C)c3ccccc23)C1=O. The highest BCUT2D eigenvalue weighted by molar-refractivity contribution is 6.10. The Morgan fingerprint density at radius 2 is 1.84 bits per heavy atom. The number of fused-ring (bicyclic) bond motifs is 6. The van der Waals surface area contributed by atoms with Crippen molar-refractivity contribution in [3.8, 4) is 22.6 Å². The molecule has 3 atom stereocenters. The maximum Gasteiger partial charge on any atom is 0.321 e. The van der Waals surface area contributed by atoms with Crippen LogP contribution in [0.4, 0.5) is 10.5 Å². The normalized spacial score (nSPS) is 18.8. The Morgan fingerprint density at radius 1 is 1.09 bits per heavy atom. The summed E-state index contributed by atoms with van der Waals surface area (Å²) in [6, 6.07) is 20.5. The van der Waals surface area contributed by atoms with Gasteiger partial charge < -0.3 is 39.0 Å². The highest BCUT2D eigenvalue weighted by Crippen LogP contribution is 2.38. The third-order valence-corrected chi connectivity index (χ3v) is 8.65. The average Bonchev–Trinajstić information content (AvgIpc) is 3.62. The maximum atomic E-state index is 14.5. The van der Waals surface area contributed by atoms with E-state index in [0.717, 1.165) is 27.6 Å². The van der Waals surface area contributed by atoms with Crippen LogP contribution in [0.5, 0.6) is 11.5 Å². The van der Waals surface area contributed by atoms with Gasteiger partial charge in [-0.3, -0.25) is 4.79 Å². The summed E-state index contributed by atoms with van der Waals surface area (Å²) < 4.78 is 19.4. The molecule has 0 saturated heterocycles. The van der Waals surface area contributed by atoms with Crippen LogP contribution in [0.1, 0.15) is 29.9 Å². The van der Waals surface area contributed by atoms with Gasteiger partial charge in [0.05, 0.1) is 25.4 Å². The van der Waals surface area contributed by atoms with Crippen molar-refractivity contribution in [2.75, 3.05) is 38.9 Å². The van der Waals surface area contributed by atoms with Crippen molar-refractivity contribution >= 4 is 28.5 Å². The fourth-order valence-electron chi connectivity index (χ4n) is 6.07. The number of aliphatic hydroxyl groups is 1. The molecule has 3 aromatic carbocycles. The van der Waals surface area contributed by atoms with Gasteiger partial charge in [0.2, 0.25) is 6.79 Å². The summed E-state index contributed by atoms with van der Waals surface area (Å²) in [5, 5.41) is 14.1. The summed E-state index contributed by atoms with van der Waals surface area (Å²) in [7, 11) is 3.64. The van der Waals surface area contributed by atoms with Crippen molar-refractivity contribution in [1.82, 2.24) is 14.4 Å². The molecule has 1 aromatic heterocycles. The van der Waals surface area contributed by atoms with E-state index < -0.39 is 12.1 Å². The molecular weight excluding hydrogens is 560 g/mol. The lowest BCUT2D eigenvalue weighted by molar-refractivity contribution is -0.0179. The molecule has 10 heteroatoms. The monoisotopic (exact) mass is 598 g/mol. The van der Waals surface area contributed by atoms with Crippen LogP contribution in [-0.4, -0.2) is 77.1 Å². The largest absolute Gasteiger partial charge is 0.454 e. The van der Waals surface area contributed by atoms with Crippen LogP contribution in [0.2, 0.25) is 0 Å². The van der Waals surface area contributed by atoms with E-state index in [-0.39, 0.29) is 37.8 Å². The lowest BCUT2D eigenvalue weighted by Crippen LogP contribution is -2.48. The molecule has 2 N–H and O–H groups in total. The van der Waals surface area contributed by atoms with Crippen LogP contribution in [0.25, 0.3) is 22.0 Å². The maximum absolute atomic E-state index is 14.5. The van der Waals surface area contributed by atoms with Gasteiger partial charge >= 0.3 is 6.03 Å². The molecule has 0 bridgehead atoms. The molecule has 4 aromatic rings. The van der Waals surface area contributed by atoms with E-state index in [9.17, 15) is 14.7 Å². The number of nitrogens with zero attached hydrogens (tertiary/aromatic N) is 3. The molecule has 3 amide bonds. The molecule has 0 fully saturated rings. The lowest BCUT2D eigenvalue weighted by atomic mass is 9.96. The van der Waals surface area contributed by atoms with Crippen LogP contribution in [0.15, 0.2) is 66.7 Å². The van der Waals surface area contributed by atoms with Gasteiger partial charge in [-0.15, -0.1) is 0 Å². The standard InChI is InChI=1S/C34H38N4O6/c1-21-16-38(22(2)18-39)33(40)32-31(26-11-7-8-12-27(26)37(32)4)25-10-6-5-9-23(25)19-42-30(21)17-36(3)34(41)35-24-13-14-28-29(15-24)44-20-43-28/h5-15,21-22,30,39H,16-20H2,1-4H3,(H,35,41)/t21-,22+,30-/m0/s1. The molecule has 3 heterocycles. The van der Waals surface area contributed by atoms with Gasteiger partial charge in [-0.05, 0) is 36.2 Å². The zero-order chi connectivity index (χ0) is 31.0. The number of urea groups is 1. The minimum Gasteiger partial charge on any atom is -0.454 e. The first-order valence-electron chi connectivity index (χ1n) is 14.9. The van der Waals surface area contributed by atoms with Crippen molar-refractivity contribution in [3.63, 3.8) is 0 Å². The van der Waals surface area contributed by atoms with Gasteiger partial charge in [-0.25, -0.2) is 4.79 Å². The predicted molar refractivity (Wildman–Crippen MR) is 168 cm³/mol. The van der Waals surface area contributed by atoms with Crippen molar-refractivity contribution in [2.45, 2.75) is 32.6 Å². The van der Waals surface area contributed by atoms with Crippen molar-refractivity contribution in [1.29, 1.82) is 0 Å². The average molecular weight is 599 g/mol. The Labute approximate surface area is 256 Å². The minimum atomic E-state index is -0.431. The van der Waals surface area contributed by atoms with Gasteiger partial charge in [0.15, 0.2) is 11.5 Å². The van der Waals surface area contributed by atoms with Crippen LogP contribution in [-0.2, 0) is 18.4 Å². The molecule has 2 aliphatic heterocycles. The second-order valence-electron chi connectivity index (χ2n) is 11.7. The van der Waals surface area contributed by atoms with Gasteiger partial charge in [-0.2, -0.15) is 0 Å². The molecule has 0 saturated carbocycles. The van der Waals surface area contributed by atoms with E-state index in [4.69, 9.17) is 14.2 Å². The van der Waals surface area contributed by atoms with Crippen molar-refractivity contribution < 1.29 is 28.9 Å². The smallest absolute Gasteiger partial charge is 0.321 e. The lowest BCUT2D eigenvalue weighted by Gasteiger charge is -2.35. The Bertz CT molecular complexity index is 1700. The molecule has 44 heavy (non-hydrogen) atoms. The topological polar surface area (TPSA) is 106 Å². The number of para-hydroxylation sites is 1. The highest BCUT2D eigenvalue weighted by atomic mass is 16.7. The first-order valence-corrected chi connectivity index (χ1v) is 14.9. The van der Waals surface area contributed by atoms with Crippen molar-refractivity contribution in [3.05, 3.63) is 78.0 Å². The van der Waals surface area contributed by atoms with E-state index >= 15 is 0 Å². The van der Waals surface area contributed by atoms with E-state index in [1.807, 2.05) is 74.0 Å². The Morgan fingerprint density at radius 3 is 2.66 bits per heavy atom. The number of likely N-dealkylation sites (N-methyl/N-ethyl adjacent to an activating group) is 1. The number of carbonyl (C=O) groups is 2. The number of aromatic nitrogens is 1. The number of aryl methyl sites for hydroxylation is 1. The molecular formula is C34H38N4O6. The van der Waals surface area contributed by atoms with E-state index in [1.54, 1.807) is 35.0 Å². The molecule has 0 unspecified atom stereocenters. The number of amides is 3. The number of nitrogens with one attached hydrogen (secondary N) is 1. The molecule has 0 aliphatic carbocycles. The Kier molecular flexibility index (Phi) is 8.20. The summed E-state index contributed by atoms with van der Waals surface area (Å²) in [5.41, 5.74) is 4.85. The van der Waals surface area contributed by atoms with Crippen LogP contribution in [0.3, 0.4) is 0 Å². The van der Waals surface area contributed by atoms with Crippen LogP contribution < -0.4 is 14.8 Å². The number of ether oxygens (including phenoxy) is 3. The summed E-state index contributed by atoms with van der Waals surface area (Å²) in [6.07, 6.45) is -0.408. The van der Waals surface area contributed by atoms with Gasteiger partial charge in [-0.1, -0.05) is 49.4 Å². The van der Waals surface area contributed by atoms with E-state index in [2.05, 4.69) is 5.32 Å². The number of aliphatic hydroxyl groups excluding tert-OH is 1. The molecule has 2 aliphatic rings. The van der Waals surface area contributed by atoms with Crippen molar-refractivity contribution in [2.24, 2.45) is 13.0 Å². The molecule has 0 spiro atoms. The molecule has 230 valence electrons. The zero-order valence-corrected chi connectivity index (χ0v) is 25.4. The van der Waals surface area contributed by atoms with Crippen LogP contribution in [0, 0.1) is 5.92 Å². The fourth-order valence-corrected chi connectivity index (χ4v) is 6.07. The number of rotatable bonds is 5. The molecule has 10 nitrogen and oxygen atoms in total. The third-order valence-electron chi connectivity index (χ3n) is 8.65. The number of hydrogen-bond acceptors (Lipinski definition) is 6. The first kappa shape index (κ1) is 29.5. The second kappa shape index (κ2) is 12.2. The van der Waals surface area contributed by atoms with Gasteiger partial charge in [0, 0.05) is 61.3 Å².